The van der Waals surface area contributed by atoms with Crippen LogP contribution in [-0.2, 0) is 11.3 Å². The molecule has 1 aromatic rings. The van der Waals surface area contributed by atoms with Crippen LogP contribution in [0.15, 0.2) is 18.3 Å². The highest BCUT2D eigenvalue weighted by Crippen LogP contribution is 2.38. The molecule has 1 aliphatic heterocycles. The van der Waals surface area contributed by atoms with Gasteiger partial charge < -0.3 is 10.1 Å². The van der Waals surface area contributed by atoms with E-state index in [1.165, 1.54) is 12.8 Å². The minimum absolute atomic E-state index is 0.382. The third kappa shape index (κ3) is 2.38. The summed E-state index contributed by atoms with van der Waals surface area (Å²) in [5.41, 5.74) is 1.49. The highest BCUT2D eigenvalue weighted by atomic mass is 16.5. The van der Waals surface area contributed by atoms with Gasteiger partial charge in [0.25, 0.3) is 0 Å². The van der Waals surface area contributed by atoms with Crippen LogP contribution >= 0.6 is 0 Å². The number of nitrogens with zero attached hydrogens (tertiary/aromatic N) is 2. The van der Waals surface area contributed by atoms with Crippen molar-refractivity contribution in [2.75, 3.05) is 6.61 Å². The van der Waals surface area contributed by atoms with E-state index in [1.807, 2.05) is 12.1 Å². The summed E-state index contributed by atoms with van der Waals surface area (Å²) in [5, 5.41) is 12.5. The lowest BCUT2D eigenvalue weighted by atomic mass is 10.1. The van der Waals surface area contributed by atoms with Crippen LogP contribution in [0.25, 0.3) is 0 Å². The van der Waals surface area contributed by atoms with E-state index in [2.05, 4.69) is 16.4 Å². The molecule has 2 unspecified atom stereocenters. The van der Waals surface area contributed by atoms with Crippen molar-refractivity contribution >= 4 is 0 Å². The Morgan fingerprint density at radius 1 is 1.44 bits per heavy atom. The molecule has 1 aromatic heterocycles. The average molecular weight is 243 g/mol. The lowest BCUT2D eigenvalue weighted by molar-refractivity contribution is 0.0809. The van der Waals surface area contributed by atoms with Crippen LogP contribution in [0.4, 0.5) is 0 Å². The fourth-order valence-electron chi connectivity index (χ4n) is 2.64. The molecule has 0 spiro atoms. The van der Waals surface area contributed by atoms with E-state index in [0.717, 1.165) is 24.5 Å². The van der Waals surface area contributed by atoms with Crippen LogP contribution in [0.2, 0.25) is 0 Å². The lowest BCUT2D eigenvalue weighted by Gasteiger charge is -2.19. The van der Waals surface area contributed by atoms with Crippen molar-refractivity contribution in [1.82, 2.24) is 10.3 Å². The number of hydrogen-bond acceptors (Lipinski definition) is 4. The molecule has 0 aromatic carbocycles. The second-order valence-corrected chi connectivity index (χ2v) is 5.07. The summed E-state index contributed by atoms with van der Waals surface area (Å²) in [6, 6.07) is 6.40. The molecule has 1 N–H and O–H groups in total. The predicted molar refractivity (Wildman–Crippen MR) is 66.7 cm³/mol. The molecule has 2 aliphatic rings. The third-order valence-corrected chi connectivity index (χ3v) is 3.77. The van der Waals surface area contributed by atoms with E-state index in [9.17, 15) is 0 Å². The Bertz CT molecular complexity index is 464. The Morgan fingerprint density at radius 2 is 2.33 bits per heavy atom. The molecule has 4 nitrogen and oxygen atoms in total. The smallest absolute Gasteiger partial charge is 0.144 e. The predicted octanol–water partition coefficient (Wildman–Crippen LogP) is 1.61. The molecule has 1 saturated heterocycles. The Morgan fingerprint density at radius 3 is 3.11 bits per heavy atom. The van der Waals surface area contributed by atoms with E-state index >= 15 is 0 Å². The minimum atomic E-state index is 0.382. The van der Waals surface area contributed by atoms with Crippen LogP contribution < -0.4 is 5.32 Å². The van der Waals surface area contributed by atoms with Gasteiger partial charge in [-0.3, -0.25) is 0 Å². The third-order valence-electron chi connectivity index (χ3n) is 3.77. The minimum Gasteiger partial charge on any atom is -0.376 e. The zero-order valence-electron chi connectivity index (χ0n) is 10.3. The first kappa shape index (κ1) is 11.6. The van der Waals surface area contributed by atoms with Gasteiger partial charge in [-0.1, -0.05) is 6.07 Å². The average Bonchev–Trinajstić information content (AvgIpc) is 3.16. The molecular weight excluding hydrogens is 226 g/mol. The van der Waals surface area contributed by atoms with E-state index in [1.54, 1.807) is 6.20 Å². The topological polar surface area (TPSA) is 57.9 Å². The number of nitrogens with one attached hydrogen (secondary N) is 1. The quantitative estimate of drug-likeness (QED) is 0.873. The van der Waals surface area contributed by atoms with Gasteiger partial charge in [-0.2, -0.15) is 5.26 Å². The summed E-state index contributed by atoms with van der Waals surface area (Å²) in [7, 11) is 0. The van der Waals surface area contributed by atoms with Crippen LogP contribution in [0, 0.1) is 17.2 Å². The van der Waals surface area contributed by atoms with Gasteiger partial charge in [0, 0.05) is 31.0 Å². The maximum atomic E-state index is 9.00. The number of pyridine rings is 1. The summed E-state index contributed by atoms with van der Waals surface area (Å²) in [5.74, 6) is 0.759. The Balaban J connectivity index is 1.62. The van der Waals surface area contributed by atoms with Gasteiger partial charge in [0.15, 0.2) is 0 Å². The van der Waals surface area contributed by atoms with Gasteiger partial charge in [-0.05, 0) is 31.2 Å². The van der Waals surface area contributed by atoms with Crippen molar-refractivity contribution in [3.05, 3.63) is 29.6 Å². The zero-order chi connectivity index (χ0) is 12.4. The van der Waals surface area contributed by atoms with Gasteiger partial charge in [0.1, 0.15) is 11.8 Å². The fraction of sp³-hybridized carbons (Fsp3) is 0.571. The molecule has 94 valence electrons. The molecule has 0 amide bonds. The van der Waals surface area contributed by atoms with Crippen molar-refractivity contribution in [2.24, 2.45) is 5.92 Å². The SMILES string of the molecule is N#Cc1ncccc1CNC1CCOC1C1CC1. The Hall–Kier alpha value is -1.44. The lowest BCUT2D eigenvalue weighted by Crippen LogP contribution is -2.37. The fourth-order valence-corrected chi connectivity index (χ4v) is 2.64. The molecular formula is C14H17N3O. The molecule has 4 heteroatoms. The second kappa shape index (κ2) is 5.05. The van der Waals surface area contributed by atoms with Crippen molar-refractivity contribution in [3.63, 3.8) is 0 Å². The maximum Gasteiger partial charge on any atom is 0.144 e. The first-order chi connectivity index (χ1) is 8.88. The number of nitriles is 1. The van der Waals surface area contributed by atoms with Crippen molar-refractivity contribution in [3.8, 4) is 6.07 Å². The normalized spacial score (nSPS) is 27.1. The van der Waals surface area contributed by atoms with Gasteiger partial charge >= 0.3 is 0 Å². The summed E-state index contributed by atoms with van der Waals surface area (Å²) in [6.45, 7) is 1.56. The summed E-state index contributed by atoms with van der Waals surface area (Å²) in [6.07, 6.45) is 5.72. The maximum absolute atomic E-state index is 9.00. The van der Waals surface area contributed by atoms with E-state index in [4.69, 9.17) is 10.00 Å². The van der Waals surface area contributed by atoms with Gasteiger partial charge in [0.2, 0.25) is 0 Å². The number of hydrogen-bond donors (Lipinski definition) is 1. The van der Waals surface area contributed by atoms with E-state index in [-0.39, 0.29) is 0 Å². The highest BCUT2D eigenvalue weighted by molar-refractivity contribution is 5.30. The van der Waals surface area contributed by atoms with Crippen molar-refractivity contribution < 1.29 is 4.74 Å². The van der Waals surface area contributed by atoms with Gasteiger partial charge in [-0.25, -0.2) is 4.98 Å². The van der Waals surface area contributed by atoms with Crippen LogP contribution in [-0.4, -0.2) is 23.7 Å². The Labute approximate surface area is 107 Å². The number of rotatable bonds is 4. The molecule has 2 heterocycles. The molecule has 1 saturated carbocycles. The van der Waals surface area contributed by atoms with E-state index in [0.29, 0.717) is 24.4 Å². The van der Waals surface area contributed by atoms with Crippen molar-refractivity contribution in [2.45, 2.75) is 38.0 Å². The summed E-state index contributed by atoms with van der Waals surface area (Å²) >= 11 is 0. The number of aromatic nitrogens is 1. The summed E-state index contributed by atoms with van der Waals surface area (Å²) in [4.78, 5) is 4.08. The van der Waals surface area contributed by atoms with Gasteiger partial charge in [0.05, 0.1) is 6.10 Å². The molecule has 2 fully saturated rings. The zero-order valence-corrected chi connectivity index (χ0v) is 10.3. The standard InChI is InChI=1S/C14H17N3O/c15-8-13-11(2-1-6-16-13)9-17-12-5-7-18-14(12)10-3-4-10/h1-2,6,10,12,14,17H,3-5,7,9H2. The molecule has 3 rings (SSSR count). The summed E-state index contributed by atoms with van der Waals surface area (Å²) < 4.78 is 5.79. The first-order valence-electron chi connectivity index (χ1n) is 6.57. The van der Waals surface area contributed by atoms with Gasteiger partial charge in [-0.15, -0.1) is 0 Å². The highest BCUT2D eigenvalue weighted by Gasteiger charge is 2.40. The van der Waals surface area contributed by atoms with Crippen LogP contribution in [0.3, 0.4) is 0 Å². The number of ether oxygens (including phenoxy) is 1. The molecule has 0 radical (unpaired) electrons. The molecule has 18 heavy (non-hydrogen) atoms. The first-order valence-corrected chi connectivity index (χ1v) is 6.57. The van der Waals surface area contributed by atoms with E-state index < -0.39 is 0 Å². The van der Waals surface area contributed by atoms with Crippen molar-refractivity contribution in [1.29, 1.82) is 5.26 Å². The van der Waals surface area contributed by atoms with Crippen LogP contribution in [0.1, 0.15) is 30.5 Å². The molecule has 0 bridgehead atoms. The molecule has 1 aliphatic carbocycles. The van der Waals surface area contributed by atoms with Crippen LogP contribution in [0.5, 0.6) is 0 Å². The largest absolute Gasteiger partial charge is 0.376 e. The Kier molecular flexibility index (Phi) is 3.26. The monoisotopic (exact) mass is 243 g/mol. The second-order valence-electron chi connectivity index (χ2n) is 5.07. The molecule has 2 atom stereocenters.